The van der Waals surface area contributed by atoms with E-state index in [1.165, 1.54) is 0 Å². The molecule has 102 valence electrons. The SMILES string of the molecule is CC/C=C\CC1(CC(=O)OCCO)CCCC1=O. The second-order valence-corrected chi connectivity index (χ2v) is 4.76. The van der Waals surface area contributed by atoms with E-state index in [1.807, 2.05) is 19.1 Å². The van der Waals surface area contributed by atoms with Crippen LogP contribution in [0.4, 0.5) is 0 Å². The summed E-state index contributed by atoms with van der Waals surface area (Å²) in [5.74, 6) is -0.214. The highest BCUT2D eigenvalue weighted by Crippen LogP contribution is 2.41. The molecule has 1 saturated carbocycles. The largest absolute Gasteiger partial charge is 0.463 e. The molecular formula is C14H22O4. The van der Waals surface area contributed by atoms with Crippen molar-refractivity contribution in [2.75, 3.05) is 13.2 Å². The number of Topliss-reactive ketones (excluding diaryl/α,β-unsaturated/α-hetero) is 1. The normalized spacial score (nSPS) is 23.8. The monoisotopic (exact) mass is 254 g/mol. The van der Waals surface area contributed by atoms with Crippen LogP contribution in [-0.4, -0.2) is 30.1 Å². The maximum atomic E-state index is 12.0. The lowest BCUT2D eigenvalue weighted by molar-refractivity contribution is -0.149. The van der Waals surface area contributed by atoms with E-state index in [-0.39, 0.29) is 31.4 Å². The first kappa shape index (κ1) is 14.9. The minimum absolute atomic E-state index is 0.00784. The lowest BCUT2D eigenvalue weighted by atomic mass is 9.78. The fraction of sp³-hybridized carbons (Fsp3) is 0.714. The van der Waals surface area contributed by atoms with Gasteiger partial charge >= 0.3 is 5.97 Å². The summed E-state index contributed by atoms with van der Waals surface area (Å²) in [6.07, 6.45) is 7.87. The van der Waals surface area contributed by atoms with Crippen LogP contribution in [0.15, 0.2) is 12.2 Å². The zero-order valence-electron chi connectivity index (χ0n) is 11.0. The summed E-state index contributed by atoms with van der Waals surface area (Å²) >= 11 is 0. The molecule has 0 aromatic heterocycles. The molecule has 4 nitrogen and oxygen atoms in total. The number of rotatable bonds is 7. The Morgan fingerprint density at radius 2 is 2.28 bits per heavy atom. The van der Waals surface area contributed by atoms with Crippen molar-refractivity contribution in [2.45, 2.75) is 45.4 Å². The van der Waals surface area contributed by atoms with Gasteiger partial charge in [-0.3, -0.25) is 9.59 Å². The fourth-order valence-electron chi connectivity index (χ4n) is 2.43. The van der Waals surface area contributed by atoms with E-state index in [4.69, 9.17) is 9.84 Å². The molecule has 0 spiro atoms. The number of hydrogen-bond donors (Lipinski definition) is 1. The molecule has 0 aliphatic heterocycles. The van der Waals surface area contributed by atoms with Crippen molar-refractivity contribution in [1.29, 1.82) is 0 Å². The van der Waals surface area contributed by atoms with Crippen LogP contribution in [0.3, 0.4) is 0 Å². The second-order valence-electron chi connectivity index (χ2n) is 4.76. The van der Waals surface area contributed by atoms with Gasteiger partial charge < -0.3 is 9.84 Å². The van der Waals surface area contributed by atoms with Crippen LogP contribution in [0.25, 0.3) is 0 Å². The summed E-state index contributed by atoms with van der Waals surface area (Å²) in [5.41, 5.74) is -0.557. The highest BCUT2D eigenvalue weighted by atomic mass is 16.5. The van der Waals surface area contributed by atoms with Crippen LogP contribution < -0.4 is 0 Å². The van der Waals surface area contributed by atoms with Gasteiger partial charge in [-0.2, -0.15) is 0 Å². The molecule has 0 aromatic carbocycles. The average Bonchev–Trinajstić information content (AvgIpc) is 2.69. The molecule has 0 radical (unpaired) electrons. The molecule has 0 bridgehead atoms. The first-order chi connectivity index (χ1) is 8.64. The summed E-state index contributed by atoms with van der Waals surface area (Å²) in [4.78, 5) is 23.6. The number of aliphatic hydroxyl groups is 1. The van der Waals surface area contributed by atoms with E-state index in [1.54, 1.807) is 0 Å². The molecule has 1 rings (SSSR count). The Hall–Kier alpha value is -1.16. The molecular weight excluding hydrogens is 232 g/mol. The Bertz CT molecular complexity index is 322. The number of aliphatic hydroxyl groups excluding tert-OH is 1. The van der Waals surface area contributed by atoms with E-state index >= 15 is 0 Å². The Morgan fingerprint density at radius 3 is 2.83 bits per heavy atom. The first-order valence-electron chi connectivity index (χ1n) is 6.59. The van der Waals surface area contributed by atoms with Gasteiger partial charge in [0.05, 0.1) is 13.0 Å². The third kappa shape index (κ3) is 3.95. The van der Waals surface area contributed by atoms with Gasteiger partial charge in [0.2, 0.25) is 0 Å². The quantitative estimate of drug-likeness (QED) is 0.557. The molecule has 0 aromatic rings. The van der Waals surface area contributed by atoms with E-state index in [2.05, 4.69) is 0 Å². The molecule has 1 fully saturated rings. The van der Waals surface area contributed by atoms with E-state index in [0.29, 0.717) is 12.8 Å². The smallest absolute Gasteiger partial charge is 0.306 e. The third-order valence-corrected chi connectivity index (χ3v) is 3.40. The minimum atomic E-state index is -0.557. The minimum Gasteiger partial charge on any atom is -0.463 e. The summed E-state index contributed by atoms with van der Waals surface area (Å²) in [6, 6.07) is 0. The Kier molecular flexibility index (Phi) is 6.05. The number of esters is 1. The Balaban J connectivity index is 2.63. The van der Waals surface area contributed by atoms with E-state index < -0.39 is 5.41 Å². The van der Waals surface area contributed by atoms with Crippen molar-refractivity contribution in [3.63, 3.8) is 0 Å². The van der Waals surface area contributed by atoms with Gasteiger partial charge in [-0.25, -0.2) is 0 Å². The highest BCUT2D eigenvalue weighted by Gasteiger charge is 2.42. The molecule has 18 heavy (non-hydrogen) atoms. The van der Waals surface area contributed by atoms with Crippen molar-refractivity contribution in [3.05, 3.63) is 12.2 Å². The second kappa shape index (κ2) is 7.31. The molecule has 1 aliphatic carbocycles. The number of carbonyl (C=O) groups excluding carboxylic acids is 2. The van der Waals surface area contributed by atoms with Crippen LogP contribution in [0.2, 0.25) is 0 Å². The molecule has 1 N–H and O–H groups in total. The lowest BCUT2D eigenvalue weighted by Gasteiger charge is -2.24. The van der Waals surface area contributed by atoms with Gasteiger partial charge in [0.1, 0.15) is 12.4 Å². The van der Waals surface area contributed by atoms with Crippen LogP contribution in [0, 0.1) is 5.41 Å². The van der Waals surface area contributed by atoms with Crippen molar-refractivity contribution >= 4 is 11.8 Å². The molecule has 0 amide bonds. The summed E-state index contributed by atoms with van der Waals surface area (Å²) < 4.78 is 4.87. The highest BCUT2D eigenvalue weighted by molar-refractivity contribution is 5.90. The van der Waals surface area contributed by atoms with Gasteiger partial charge in [-0.15, -0.1) is 0 Å². The van der Waals surface area contributed by atoms with E-state index in [0.717, 1.165) is 19.3 Å². The third-order valence-electron chi connectivity index (χ3n) is 3.40. The lowest BCUT2D eigenvalue weighted by Crippen LogP contribution is -2.29. The zero-order valence-corrected chi connectivity index (χ0v) is 11.0. The standard InChI is InChI=1S/C14H22O4/c1-2-3-4-7-14(8-5-6-12(14)16)11-13(17)18-10-9-15/h3-4,15H,2,5-11H2,1H3/b4-3-. The fourth-order valence-corrected chi connectivity index (χ4v) is 2.43. The van der Waals surface area contributed by atoms with Crippen molar-refractivity contribution in [3.8, 4) is 0 Å². The van der Waals surface area contributed by atoms with Crippen molar-refractivity contribution in [1.82, 2.24) is 0 Å². The Labute approximate surface area is 108 Å². The van der Waals surface area contributed by atoms with Crippen LogP contribution in [0.1, 0.15) is 45.4 Å². The predicted octanol–water partition coefficient (Wildman–Crippen LogP) is 2.01. The zero-order chi connectivity index (χ0) is 13.4. The van der Waals surface area contributed by atoms with Crippen LogP contribution in [-0.2, 0) is 14.3 Å². The molecule has 1 aliphatic rings. The Morgan fingerprint density at radius 1 is 1.50 bits per heavy atom. The maximum absolute atomic E-state index is 12.0. The molecule has 1 atom stereocenters. The van der Waals surface area contributed by atoms with Crippen molar-refractivity contribution in [2.24, 2.45) is 5.41 Å². The van der Waals surface area contributed by atoms with Gasteiger partial charge in [0.25, 0.3) is 0 Å². The number of ether oxygens (including phenoxy) is 1. The molecule has 0 saturated heterocycles. The molecule has 4 heteroatoms. The topological polar surface area (TPSA) is 63.6 Å². The number of hydrogen-bond acceptors (Lipinski definition) is 4. The summed E-state index contributed by atoms with van der Waals surface area (Å²) in [5, 5.41) is 8.61. The predicted molar refractivity (Wildman–Crippen MR) is 68.0 cm³/mol. The van der Waals surface area contributed by atoms with E-state index in [9.17, 15) is 9.59 Å². The number of carbonyl (C=O) groups is 2. The summed E-state index contributed by atoms with van der Waals surface area (Å²) in [7, 11) is 0. The van der Waals surface area contributed by atoms with Crippen molar-refractivity contribution < 1.29 is 19.4 Å². The van der Waals surface area contributed by atoms with Gasteiger partial charge in [0, 0.05) is 11.8 Å². The van der Waals surface area contributed by atoms with Gasteiger partial charge in [-0.1, -0.05) is 19.1 Å². The summed E-state index contributed by atoms with van der Waals surface area (Å²) in [6.45, 7) is 1.87. The van der Waals surface area contributed by atoms with Gasteiger partial charge in [-0.05, 0) is 25.7 Å². The number of ketones is 1. The maximum Gasteiger partial charge on any atom is 0.306 e. The first-order valence-corrected chi connectivity index (χ1v) is 6.59. The van der Waals surface area contributed by atoms with Gasteiger partial charge in [0.15, 0.2) is 0 Å². The average molecular weight is 254 g/mol. The number of allylic oxidation sites excluding steroid dienone is 2. The molecule has 1 unspecified atom stereocenters. The molecule has 0 heterocycles. The van der Waals surface area contributed by atoms with Crippen LogP contribution in [0.5, 0.6) is 0 Å². The van der Waals surface area contributed by atoms with Crippen LogP contribution >= 0.6 is 0 Å².